The van der Waals surface area contributed by atoms with Crippen LogP contribution in [0.5, 0.6) is 5.75 Å². The van der Waals surface area contributed by atoms with Gasteiger partial charge in [-0.15, -0.1) is 0 Å². The van der Waals surface area contributed by atoms with E-state index in [-0.39, 0.29) is 36.6 Å². The third-order valence-corrected chi connectivity index (χ3v) is 7.05. The zero-order valence-electron chi connectivity index (χ0n) is 20.6. The lowest BCUT2D eigenvalue weighted by Crippen LogP contribution is -2.47. The number of anilines is 1. The highest BCUT2D eigenvalue weighted by Gasteiger charge is 2.44. The van der Waals surface area contributed by atoms with Gasteiger partial charge in [0.1, 0.15) is 11.8 Å². The van der Waals surface area contributed by atoms with Crippen LogP contribution in [0.1, 0.15) is 42.4 Å². The van der Waals surface area contributed by atoms with E-state index in [0.29, 0.717) is 26.1 Å². The molecule has 2 heterocycles. The Morgan fingerprint density at radius 1 is 1.14 bits per heavy atom. The number of ether oxygens (including phenoxy) is 2. The molecule has 2 saturated heterocycles. The summed E-state index contributed by atoms with van der Waals surface area (Å²) in [6.45, 7) is 5.31. The smallest absolute Gasteiger partial charge is 0.324 e. The van der Waals surface area contributed by atoms with E-state index in [9.17, 15) is 14.4 Å². The summed E-state index contributed by atoms with van der Waals surface area (Å²) in [5.74, 6) is 0.289. The van der Waals surface area contributed by atoms with Gasteiger partial charge in [0.15, 0.2) is 0 Å². The molecule has 2 N–H and O–H groups in total. The standard InChI is InChI=1S/C27H33N3O5/c1-18-4-5-19(2)23(16-18)28-24(31)11-10-22-25(32)30(26(33)29-22)17-27(12-14-35-15-13-27)20-6-8-21(34-3)9-7-20/h4-9,16,22H,10-15,17H2,1-3H3,(H,28,31)(H,29,33)/t22-/m0/s1. The first-order chi connectivity index (χ1) is 16.8. The summed E-state index contributed by atoms with van der Waals surface area (Å²) >= 11 is 0. The number of methoxy groups -OCH3 is 1. The van der Waals surface area contributed by atoms with Crippen molar-refractivity contribution in [3.8, 4) is 5.75 Å². The van der Waals surface area contributed by atoms with Gasteiger partial charge in [-0.1, -0.05) is 24.3 Å². The fraction of sp³-hybridized carbons (Fsp3) is 0.444. The fourth-order valence-corrected chi connectivity index (χ4v) is 4.83. The predicted octanol–water partition coefficient (Wildman–Crippen LogP) is 3.70. The third kappa shape index (κ3) is 5.48. The van der Waals surface area contributed by atoms with Crippen LogP contribution in [0.25, 0.3) is 0 Å². The monoisotopic (exact) mass is 479 g/mol. The van der Waals surface area contributed by atoms with Gasteiger partial charge < -0.3 is 20.1 Å². The van der Waals surface area contributed by atoms with Gasteiger partial charge in [-0.05, 0) is 68.0 Å². The molecule has 186 valence electrons. The molecule has 1 atom stereocenters. The Balaban J connectivity index is 1.41. The van der Waals surface area contributed by atoms with E-state index in [2.05, 4.69) is 10.6 Å². The Morgan fingerprint density at radius 2 is 1.86 bits per heavy atom. The third-order valence-electron chi connectivity index (χ3n) is 7.05. The maximum atomic E-state index is 13.2. The molecule has 8 heteroatoms. The number of nitrogens with one attached hydrogen (secondary N) is 2. The molecule has 2 fully saturated rings. The van der Waals surface area contributed by atoms with Crippen LogP contribution in [-0.2, 0) is 19.7 Å². The highest BCUT2D eigenvalue weighted by atomic mass is 16.5. The topological polar surface area (TPSA) is 97.0 Å². The van der Waals surface area contributed by atoms with Crippen LogP contribution in [0, 0.1) is 13.8 Å². The second kappa shape index (κ2) is 10.5. The Kier molecular flexibility index (Phi) is 7.40. The molecule has 0 aliphatic carbocycles. The molecular formula is C27H33N3O5. The number of carbonyl (C=O) groups excluding carboxylic acids is 3. The van der Waals surface area contributed by atoms with Crippen molar-refractivity contribution in [2.24, 2.45) is 0 Å². The molecule has 0 aromatic heterocycles. The minimum atomic E-state index is -0.709. The zero-order valence-corrected chi connectivity index (χ0v) is 20.6. The van der Waals surface area contributed by atoms with Gasteiger partial charge in [0, 0.05) is 37.3 Å². The molecule has 2 aromatic carbocycles. The SMILES string of the molecule is COc1ccc(C2(CN3C(=O)N[C@@H](CCC(=O)Nc4cc(C)ccc4C)C3=O)CCOCC2)cc1. The first kappa shape index (κ1) is 24.7. The summed E-state index contributed by atoms with van der Waals surface area (Å²) in [5, 5.41) is 5.69. The predicted molar refractivity (Wildman–Crippen MR) is 133 cm³/mol. The molecule has 35 heavy (non-hydrogen) atoms. The van der Waals surface area contributed by atoms with Gasteiger partial charge in [0.05, 0.1) is 7.11 Å². The quantitative estimate of drug-likeness (QED) is 0.563. The van der Waals surface area contributed by atoms with E-state index in [4.69, 9.17) is 9.47 Å². The van der Waals surface area contributed by atoms with Crippen molar-refractivity contribution in [2.75, 3.05) is 32.2 Å². The molecule has 0 radical (unpaired) electrons. The number of nitrogens with zero attached hydrogens (tertiary/aromatic N) is 1. The maximum Gasteiger partial charge on any atom is 0.324 e. The summed E-state index contributed by atoms with van der Waals surface area (Å²) in [7, 11) is 1.62. The van der Waals surface area contributed by atoms with Crippen molar-refractivity contribution >= 4 is 23.5 Å². The molecule has 2 aliphatic rings. The first-order valence-electron chi connectivity index (χ1n) is 12.0. The number of hydrogen-bond acceptors (Lipinski definition) is 5. The molecule has 4 amide bonds. The van der Waals surface area contributed by atoms with Crippen LogP contribution in [-0.4, -0.2) is 55.7 Å². The first-order valence-corrected chi connectivity index (χ1v) is 12.0. The minimum Gasteiger partial charge on any atom is -0.497 e. The number of amides is 4. The average molecular weight is 480 g/mol. The van der Waals surface area contributed by atoms with Crippen LogP contribution in [0.2, 0.25) is 0 Å². The molecule has 0 saturated carbocycles. The van der Waals surface area contributed by atoms with Crippen LogP contribution in [0.3, 0.4) is 0 Å². The van der Waals surface area contributed by atoms with E-state index in [0.717, 1.165) is 28.1 Å². The highest BCUT2D eigenvalue weighted by Crippen LogP contribution is 2.37. The molecular weight excluding hydrogens is 446 g/mol. The van der Waals surface area contributed by atoms with Crippen molar-refractivity contribution in [3.05, 3.63) is 59.2 Å². The van der Waals surface area contributed by atoms with Gasteiger partial charge in [-0.2, -0.15) is 0 Å². The largest absolute Gasteiger partial charge is 0.497 e. The minimum absolute atomic E-state index is 0.134. The second-order valence-electron chi connectivity index (χ2n) is 9.45. The summed E-state index contributed by atoms with van der Waals surface area (Å²) in [4.78, 5) is 39.8. The van der Waals surface area contributed by atoms with Crippen molar-refractivity contribution in [1.82, 2.24) is 10.2 Å². The summed E-state index contributed by atoms with van der Waals surface area (Å²) in [6, 6.07) is 12.5. The Bertz CT molecular complexity index is 1090. The number of carbonyl (C=O) groups is 3. The fourth-order valence-electron chi connectivity index (χ4n) is 4.83. The Labute approximate surface area is 206 Å². The van der Waals surface area contributed by atoms with Gasteiger partial charge >= 0.3 is 6.03 Å². The Morgan fingerprint density at radius 3 is 2.54 bits per heavy atom. The summed E-state index contributed by atoms with van der Waals surface area (Å²) in [5.41, 5.74) is 3.46. The number of hydrogen-bond donors (Lipinski definition) is 2. The van der Waals surface area contributed by atoms with Gasteiger partial charge in [0.2, 0.25) is 5.91 Å². The van der Waals surface area contributed by atoms with E-state index in [1.54, 1.807) is 7.11 Å². The maximum absolute atomic E-state index is 13.2. The van der Waals surface area contributed by atoms with Crippen LogP contribution < -0.4 is 15.4 Å². The van der Waals surface area contributed by atoms with Crippen molar-refractivity contribution in [1.29, 1.82) is 0 Å². The number of imide groups is 1. The lowest BCUT2D eigenvalue weighted by molar-refractivity contribution is -0.128. The number of rotatable bonds is 8. The molecule has 8 nitrogen and oxygen atoms in total. The van der Waals surface area contributed by atoms with E-state index in [1.165, 1.54) is 4.90 Å². The molecule has 2 aliphatic heterocycles. The second-order valence-corrected chi connectivity index (χ2v) is 9.45. The number of benzene rings is 2. The van der Waals surface area contributed by atoms with Crippen molar-refractivity contribution in [3.63, 3.8) is 0 Å². The average Bonchev–Trinajstić information content (AvgIpc) is 3.13. The molecule has 4 rings (SSSR count). The molecule has 0 spiro atoms. The lowest BCUT2D eigenvalue weighted by Gasteiger charge is -2.39. The zero-order chi connectivity index (χ0) is 25.0. The molecule has 0 bridgehead atoms. The summed E-state index contributed by atoms with van der Waals surface area (Å²) in [6.07, 6.45) is 1.80. The normalized spacial score (nSPS) is 19.4. The van der Waals surface area contributed by atoms with E-state index < -0.39 is 12.1 Å². The summed E-state index contributed by atoms with van der Waals surface area (Å²) < 4.78 is 10.9. The lowest BCUT2D eigenvalue weighted by atomic mass is 9.73. The number of urea groups is 1. The number of aryl methyl sites for hydroxylation is 2. The Hall–Kier alpha value is -3.39. The van der Waals surface area contributed by atoms with E-state index >= 15 is 0 Å². The van der Waals surface area contributed by atoms with Gasteiger partial charge in [-0.3, -0.25) is 14.5 Å². The van der Waals surface area contributed by atoms with Crippen molar-refractivity contribution < 1.29 is 23.9 Å². The highest BCUT2D eigenvalue weighted by molar-refractivity contribution is 6.04. The van der Waals surface area contributed by atoms with Crippen LogP contribution >= 0.6 is 0 Å². The molecule has 2 aromatic rings. The van der Waals surface area contributed by atoms with Gasteiger partial charge in [-0.25, -0.2) is 4.79 Å². The van der Waals surface area contributed by atoms with Crippen LogP contribution in [0.15, 0.2) is 42.5 Å². The van der Waals surface area contributed by atoms with E-state index in [1.807, 2.05) is 56.3 Å². The van der Waals surface area contributed by atoms with Crippen molar-refractivity contribution in [2.45, 2.75) is 51.0 Å². The molecule has 0 unspecified atom stereocenters. The van der Waals surface area contributed by atoms with Crippen LogP contribution in [0.4, 0.5) is 10.5 Å². The van der Waals surface area contributed by atoms with Gasteiger partial charge in [0.25, 0.3) is 5.91 Å².